The second-order valence-corrected chi connectivity index (χ2v) is 3.24. The Morgan fingerprint density at radius 2 is 2.25 bits per heavy atom. The van der Waals surface area contributed by atoms with E-state index in [4.69, 9.17) is 0 Å². The van der Waals surface area contributed by atoms with Crippen molar-refractivity contribution < 1.29 is 0 Å². The first-order valence-corrected chi connectivity index (χ1v) is 4.73. The van der Waals surface area contributed by atoms with Crippen molar-refractivity contribution in [1.82, 2.24) is 9.55 Å². The molecule has 0 atom stereocenters. The number of halogens is 1. The Morgan fingerprint density at radius 1 is 1.58 bits per heavy atom. The van der Waals surface area contributed by atoms with Crippen molar-refractivity contribution in [3.8, 4) is 0 Å². The molecule has 0 bridgehead atoms. The van der Waals surface area contributed by atoms with Crippen LogP contribution in [-0.2, 0) is 13.0 Å². The maximum atomic E-state index is 11.5. The fourth-order valence-electron chi connectivity index (χ4n) is 0.970. The van der Waals surface area contributed by atoms with Gasteiger partial charge in [0.1, 0.15) is 4.47 Å². The van der Waals surface area contributed by atoms with Crippen LogP contribution < -0.4 is 5.56 Å². The molecule has 1 aromatic heterocycles. The molecule has 3 nitrogen and oxygen atoms in total. The maximum absolute atomic E-state index is 11.5. The van der Waals surface area contributed by atoms with Crippen LogP contribution >= 0.6 is 15.9 Å². The van der Waals surface area contributed by atoms with Crippen molar-refractivity contribution >= 4 is 15.9 Å². The third kappa shape index (κ3) is 1.58. The van der Waals surface area contributed by atoms with Gasteiger partial charge in [0.05, 0.1) is 12.0 Å². The van der Waals surface area contributed by atoms with Gasteiger partial charge in [0.15, 0.2) is 0 Å². The van der Waals surface area contributed by atoms with E-state index in [1.165, 1.54) is 0 Å². The predicted molar refractivity (Wildman–Crippen MR) is 51.2 cm³/mol. The lowest BCUT2D eigenvalue weighted by atomic mass is 10.3. The molecule has 0 fully saturated rings. The zero-order chi connectivity index (χ0) is 9.14. The first-order chi connectivity index (χ1) is 5.70. The van der Waals surface area contributed by atoms with Crippen molar-refractivity contribution in [2.45, 2.75) is 26.8 Å². The molecule has 0 amide bonds. The first-order valence-electron chi connectivity index (χ1n) is 3.94. The molecule has 0 unspecified atom stereocenters. The molecule has 1 rings (SSSR count). The molecule has 0 saturated heterocycles. The van der Waals surface area contributed by atoms with Crippen LogP contribution in [0.5, 0.6) is 0 Å². The third-order valence-electron chi connectivity index (χ3n) is 1.73. The first kappa shape index (κ1) is 9.45. The molecule has 0 aliphatic heterocycles. The summed E-state index contributed by atoms with van der Waals surface area (Å²) in [7, 11) is 0. The van der Waals surface area contributed by atoms with Crippen LogP contribution in [0.2, 0.25) is 0 Å². The van der Waals surface area contributed by atoms with Gasteiger partial charge in [0.2, 0.25) is 0 Å². The van der Waals surface area contributed by atoms with Crippen molar-refractivity contribution in [3.63, 3.8) is 0 Å². The van der Waals surface area contributed by atoms with Gasteiger partial charge in [-0.3, -0.25) is 9.36 Å². The summed E-state index contributed by atoms with van der Waals surface area (Å²) in [5, 5.41) is 0. The van der Waals surface area contributed by atoms with E-state index in [9.17, 15) is 4.79 Å². The van der Waals surface area contributed by atoms with Crippen LogP contribution in [0.4, 0.5) is 0 Å². The van der Waals surface area contributed by atoms with E-state index in [0.29, 0.717) is 11.0 Å². The van der Waals surface area contributed by atoms with Gasteiger partial charge < -0.3 is 0 Å². The molecule has 0 spiro atoms. The van der Waals surface area contributed by atoms with Gasteiger partial charge in [-0.2, -0.15) is 0 Å². The third-order valence-corrected chi connectivity index (χ3v) is 2.53. The smallest absolute Gasteiger partial charge is 0.267 e. The van der Waals surface area contributed by atoms with Gasteiger partial charge in [-0.05, 0) is 29.3 Å². The second-order valence-electron chi connectivity index (χ2n) is 2.45. The summed E-state index contributed by atoms with van der Waals surface area (Å²) in [4.78, 5) is 15.6. The maximum Gasteiger partial charge on any atom is 0.267 e. The molecular weight excluding hydrogens is 220 g/mol. The minimum Gasteiger partial charge on any atom is -0.299 e. The van der Waals surface area contributed by atoms with E-state index < -0.39 is 0 Å². The summed E-state index contributed by atoms with van der Waals surface area (Å²) < 4.78 is 2.16. The Kier molecular flexibility index (Phi) is 3.03. The Labute approximate surface area is 79.6 Å². The van der Waals surface area contributed by atoms with E-state index in [1.807, 2.05) is 13.8 Å². The van der Waals surface area contributed by atoms with Crippen LogP contribution in [0, 0.1) is 0 Å². The number of hydrogen-bond donors (Lipinski definition) is 0. The summed E-state index contributed by atoms with van der Waals surface area (Å²) in [5.41, 5.74) is 0.828. The molecule has 0 radical (unpaired) electrons. The van der Waals surface area contributed by atoms with Crippen LogP contribution in [0.15, 0.2) is 15.6 Å². The minimum atomic E-state index is 0.00403. The molecule has 66 valence electrons. The van der Waals surface area contributed by atoms with Crippen molar-refractivity contribution in [1.29, 1.82) is 0 Å². The van der Waals surface area contributed by atoms with Crippen molar-refractivity contribution in [2.75, 3.05) is 0 Å². The number of rotatable bonds is 2. The highest BCUT2D eigenvalue weighted by Gasteiger charge is 2.05. The van der Waals surface area contributed by atoms with Crippen LogP contribution in [0.25, 0.3) is 0 Å². The zero-order valence-corrected chi connectivity index (χ0v) is 8.76. The van der Waals surface area contributed by atoms with Crippen LogP contribution in [0.3, 0.4) is 0 Å². The molecular formula is C8H11BrN2O. The van der Waals surface area contributed by atoms with Crippen molar-refractivity contribution in [3.05, 3.63) is 26.8 Å². The van der Waals surface area contributed by atoms with Crippen LogP contribution in [0.1, 0.15) is 19.5 Å². The molecule has 1 aromatic rings. The largest absolute Gasteiger partial charge is 0.299 e. The zero-order valence-electron chi connectivity index (χ0n) is 7.17. The average Bonchev–Trinajstić information content (AvgIpc) is 2.10. The number of hydrogen-bond acceptors (Lipinski definition) is 2. The van der Waals surface area contributed by atoms with Gasteiger partial charge in [-0.1, -0.05) is 6.92 Å². The lowest BCUT2D eigenvalue weighted by Crippen LogP contribution is -2.21. The van der Waals surface area contributed by atoms with E-state index >= 15 is 0 Å². The van der Waals surface area contributed by atoms with E-state index in [0.717, 1.165) is 12.1 Å². The Bertz CT molecular complexity index is 332. The van der Waals surface area contributed by atoms with E-state index in [-0.39, 0.29) is 5.56 Å². The fourth-order valence-corrected chi connectivity index (χ4v) is 1.58. The van der Waals surface area contributed by atoms with E-state index in [1.54, 1.807) is 10.9 Å². The van der Waals surface area contributed by atoms with Gasteiger partial charge in [-0.15, -0.1) is 0 Å². The number of nitrogens with zero attached hydrogens (tertiary/aromatic N) is 2. The lowest BCUT2D eigenvalue weighted by Gasteiger charge is -2.03. The van der Waals surface area contributed by atoms with Gasteiger partial charge in [0, 0.05) is 6.54 Å². The number of aromatic nitrogens is 2. The van der Waals surface area contributed by atoms with Gasteiger partial charge in [0.25, 0.3) is 5.56 Å². The molecule has 0 aliphatic rings. The monoisotopic (exact) mass is 230 g/mol. The topological polar surface area (TPSA) is 34.9 Å². The molecule has 4 heteroatoms. The van der Waals surface area contributed by atoms with Crippen molar-refractivity contribution in [2.24, 2.45) is 0 Å². The standard InChI is InChI=1S/C8H11BrN2O/c1-3-6-7(9)8(12)11(4-2)5-10-6/h5H,3-4H2,1-2H3. The fraction of sp³-hybridized carbons (Fsp3) is 0.500. The molecule has 1 heterocycles. The lowest BCUT2D eigenvalue weighted by molar-refractivity contribution is 0.692. The highest BCUT2D eigenvalue weighted by molar-refractivity contribution is 9.10. The Hall–Kier alpha value is -0.640. The molecule has 0 saturated carbocycles. The Balaban J connectivity index is 3.30. The SMILES string of the molecule is CCc1ncn(CC)c(=O)c1Br. The Morgan fingerprint density at radius 3 is 2.75 bits per heavy atom. The highest BCUT2D eigenvalue weighted by Crippen LogP contribution is 2.08. The summed E-state index contributed by atoms with van der Waals surface area (Å²) >= 11 is 3.24. The van der Waals surface area contributed by atoms with E-state index in [2.05, 4.69) is 20.9 Å². The summed E-state index contributed by atoms with van der Waals surface area (Å²) in [6, 6.07) is 0. The quantitative estimate of drug-likeness (QED) is 0.774. The molecule has 0 aliphatic carbocycles. The summed E-state index contributed by atoms with van der Waals surface area (Å²) in [5.74, 6) is 0. The molecule has 12 heavy (non-hydrogen) atoms. The van der Waals surface area contributed by atoms with Gasteiger partial charge >= 0.3 is 0 Å². The summed E-state index contributed by atoms with van der Waals surface area (Å²) in [6.45, 7) is 4.55. The average molecular weight is 231 g/mol. The molecule has 0 aromatic carbocycles. The summed E-state index contributed by atoms with van der Waals surface area (Å²) in [6.07, 6.45) is 2.37. The second kappa shape index (κ2) is 3.85. The number of aryl methyl sites for hydroxylation is 2. The normalized spacial score (nSPS) is 10.2. The minimum absolute atomic E-state index is 0.00403. The van der Waals surface area contributed by atoms with Crippen LogP contribution in [-0.4, -0.2) is 9.55 Å². The highest BCUT2D eigenvalue weighted by atomic mass is 79.9. The van der Waals surface area contributed by atoms with Gasteiger partial charge in [-0.25, -0.2) is 4.98 Å². The predicted octanol–water partition coefficient (Wildman–Crippen LogP) is 1.59. The molecule has 0 N–H and O–H groups in total.